The summed E-state index contributed by atoms with van der Waals surface area (Å²) in [5.41, 5.74) is 8.27. The van der Waals surface area contributed by atoms with Gasteiger partial charge in [0.2, 0.25) is 0 Å². The second-order valence-corrected chi connectivity index (χ2v) is 14.9. The van der Waals surface area contributed by atoms with Gasteiger partial charge in [0.1, 0.15) is 0 Å². The van der Waals surface area contributed by atoms with Gasteiger partial charge in [-0.1, -0.05) is 89.0 Å². The number of nitrogens with two attached hydrogens (primary N) is 1. The van der Waals surface area contributed by atoms with Gasteiger partial charge in [0.25, 0.3) is 0 Å². The van der Waals surface area contributed by atoms with E-state index in [9.17, 15) is 0 Å². The summed E-state index contributed by atoms with van der Waals surface area (Å²) in [5, 5.41) is 0. The van der Waals surface area contributed by atoms with E-state index in [4.69, 9.17) is 5.73 Å². The molecule has 0 aliphatic heterocycles. The lowest BCUT2D eigenvalue weighted by atomic mass is 9.54. The molecule has 0 radical (unpaired) electrons. The summed E-state index contributed by atoms with van der Waals surface area (Å²) in [6, 6.07) is 0. The Kier molecular flexibility index (Phi) is 10.9. The SMILES string of the molecule is CCC(CC)C(C)C(N)PC(C)C(C)(C)C(C)(C)C(C)(C)CP(C)CC. The first-order valence-electron chi connectivity index (χ1n) is 10.9. The van der Waals surface area contributed by atoms with E-state index in [0.717, 1.165) is 14.5 Å². The summed E-state index contributed by atoms with van der Waals surface area (Å²) in [6.45, 7) is 29.4. The lowest BCUT2D eigenvalue weighted by molar-refractivity contribution is -0.00423. The predicted octanol–water partition coefficient (Wildman–Crippen LogP) is 7.62. The Bertz CT molecular complexity index is 399. The Morgan fingerprint density at radius 2 is 1.38 bits per heavy atom. The van der Waals surface area contributed by atoms with Crippen LogP contribution in [0.5, 0.6) is 0 Å². The summed E-state index contributed by atoms with van der Waals surface area (Å²) in [7, 11) is 0.982. The van der Waals surface area contributed by atoms with Crippen molar-refractivity contribution in [3.05, 3.63) is 0 Å². The summed E-state index contributed by atoms with van der Waals surface area (Å²) in [5.74, 6) is 1.73. The zero-order valence-corrected chi connectivity index (χ0v) is 22.1. The third kappa shape index (κ3) is 6.16. The molecule has 26 heavy (non-hydrogen) atoms. The molecule has 0 spiro atoms. The van der Waals surface area contributed by atoms with E-state index in [1.165, 1.54) is 25.2 Å². The van der Waals surface area contributed by atoms with Crippen molar-refractivity contribution in [2.45, 2.75) is 100 Å². The molecule has 1 nitrogen and oxygen atoms in total. The zero-order valence-electron chi connectivity index (χ0n) is 20.2. The monoisotopic (exact) mass is 403 g/mol. The third-order valence-corrected chi connectivity index (χ3v) is 12.9. The van der Waals surface area contributed by atoms with E-state index in [1.807, 2.05) is 0 Å². The average molecular weight is 404 g/mol. The molecule has 0 rings (SSSR count). The molecular weight excluding hydrogens is 352 g/mol. The van der Waals surface area contributed by atoms with E-state index in [1.54, 1.807) is 0 Å². The molecule has 5 atom stereocenters. The number of hydrogen-bond acceptors (Lipinski definition) is 1. The highest BCUT2D eigenvalue weighted by Gasteiger charge is 2.50. The van der Waals surface area contributed by atoms with Crippen LogP contribution in [0.4, 0.5) is 0 Å². The van der Waals surface area contributed by atoms with E-state index >= 15 is 0 Å². The number of hydrogen-bond donors (Lipinski definition) is 1. The maximum absolute atomic E-state index is 6.74. The van der Waals surface area contributed by atoms with E-state index in [-0.39, 0.29) is 18.8 Å². The molecule has 0 aliphatic rings. The van der Waals surface area contributed by atoms with Crippen molar-refractivity contribution in [2.24, 2.45) is 33.8 Å². The van der Waals surface area contributed by atoms with E-state index in [2.05, 4.69) is 82.8 Å². The third-order valence-electron chi connectivity index (χ3n) is 8.39. The molecule has 0 bridgehead atoms. The van der Waals surface area contributed by atoms with Gasteiger partial charge >= 0.3 is 0 Å². The van der Waals surface area contributed by atoms with Gasteiger partial charge < -0.3 is 5.73 Å². The van der Waals surface area contributed by atoms with Crippen LogP contribution in [-0.4, -0.2) is 30.4 Å². The van der Waals surface area contributed by atoms with Crippen molar-refractivity contribution in [1.29, 1.82) is 0 Å². The molecule has 3 heteroatoms. The van der Waals surface area contributed by atoms with Gasteiger partial charge in [-0.05, 0) is 52.7 Å². The first kappa shape index (κ1) is 26.8. The summed E-state index contributed by atoms with van der Waals surface area (Å²) in [6.07, 6.45) is 5.21. The van der Waals surface area contributed by atoms with Crippen LogP contribution < -0.4 is 5.73 Å². The zero-order chi connectivity index (χ0) is 20.9. The van der Waals surface area contributed by atoms with Gasteiger partial charge in [0, 0.05) is 5.78 Å². The Morgan fingerprint density at radius 1 is 0.923 bits per heavy atom. The minimum Gasteiger partial charge on any atom is -0.324 e. The standard InChI is InChI=1S/C23H51NP2/c1-13-19(14-2)17(4)20(24)25-18(5)22(8,9)23(10,11)21(6,7)16-26(12)15-3/h17-20,25H,13-16,24H2,1-12H3. The second-order valence-electron chi connectivity index (χ2n) is 10.4. The van der Waals surface area contributed by atoms with Crippen molar-refractivity contribution in [3.8, 4) is 0 Å². The van der Waals surface area contributed by atoms with Crippen LogP contribution in [0.1, 0.15) is 89.0 Å². The van der Waals surface area contributed by atoms with Gasteiger partial charge in [-0.15, -0.1) is 16.5 Å². The van der Waals surface area contributed by atoms with Crippen molar-refractivity contribution in [1.82, 2.24) is 0 Å². The minimum atomic E-state index is 0.140. The summed E-state index contributed by atoms with van der Waals surface area (Å²) in [4.78, 5) is 0. The minimum absolute atomic E-state index is 0.140. The first-order chi connectivity index (χ1) is 11.7. The van der Waals surface area contributed by atoms with E-state index in [0.29, 0.717) is 22.8 Å². The lowest BCUT2D eigenvalue weighted by Crippen LogP contribution is -2.50. The van der Waals surface area contributed by atoms with Gasteiger partial charge in [-0.3, -0.25) is 0 Å². The molecule has 0 aromatic rings. The van der Waals surface area contributed by atoms with Crippen molar-refractivity contribution >= 4 is 16.5 Å². The van der Waals surface area contributed by atoms with Crippen LogP contribution in [0.3, 0.4) is 0 Å². The van der Waals surface area contributed by atoms with Crippen molar-refractivity contribution in [3.63, 3.8) is 0 Å². The normalized spacial score (nSPS) is 19.2. The molecule has 0 saturated carbocycles. The fraction of sp³-hybridized carbons (Fsp3) is 1.00. The molecule has 158 valence electrons. The van der Waals surface area contributed by atoms with Crippen LogP contribution in [0.25, 0.3) is 0 Å². The molecule has 0 saturated heterocycles. The van der Waals surface area contributed by atoms with Crippen molar-refractivity contribution in [2.75, 3.05) is 19.0 Å². The molecule has 2 N–H and O–H groups in total. The highest BCUT2D eigenvalue weighted by molar-refractivity contribution is 7.56. The Balaban J connectivity index is 5.32. The van der Waals surface area contributed by atoms with Gasteiger partial charge in [0.05, 0.1) is 0 Å². The second kappa shape index (κ2) is 10.6. The van der Waals surface area contributed by atoms with Crippen LogP contribution in [0.2, 0.25) is 0 Å². The van der Waals surface area contributed by atoms with Crippen LogP contribution in [-0.2, 0) is 0 Å². The Labute approximate surface area is 170 Å². The first-order valence-corrected chi connectivity index (χ1v) is 14.2. The largest absolute Gasteiger partial charge is 0.324 e. The predicted molar refractivity (Wildman–Crippen MR) is 129 cm³/mol. The average Bonchev–Trinajstić information content (AvgIpc) is 2.54. The summed E-state index contributed by atoms with van der Waals surface area (Å²) < 4.78 is 0. The quantitative estimate of drug-likeness (QED) is 0.333. The van der Waals surface area contributed by atoms with Gasteiger partial charge in [-0.2, -0.15) is 0 Å². The molecule has 0 aliphatic carbocycles. The van der Waals surface area contributed by atoms with Crippen LogP contribution in [0.15, 0.2) is 0 Å². The van der Waals surface area contributed by atoms with Crippen LogP contribution >= 0.6 is 16.5 Å². The topological polar surface area (TPSA) is 26.0 Å². The highest BCUT2D eigenvalue weighted by atomic mass is 31.1. The van der Waals surface area contributed by atoms with Crippen molar-refractivity contribution < 1.29 is 0 Å². The number of rotatable bonds is 12. The molecule has 0 heterocycles. The lowest BCUT2D eigenvalue weighted by Gasteiger charge is -2.56. The van der Waals surface area contributed by atoms with Gasteiger partial charge in [0.15, 0.2) is 0 Å². The maximum atomic E-state index is 6.74. The maximum Gasteiger partial charge on any atom is 0.0244 e. The smallest absolute Gasteiger partial charge is 0.0244 e. The molecule has 0 aromatic heterocycles. The molecule has 5 unspecified atom stereocenters. The fourth-order valence-electron chi connectivity index (χ4n) is 4.37. The highest BCUT2D eigenvalue weighted by Crippen LogP contribution is 2.59. The molecular formula is C23H51NP2. The van der Waals surface area contributed by atoms with E-state index < -0.39 is 0 Å². The van der Waals surface area contributed by atoms with Gasteiger partial charge in [-0.25, -0.2) is 0 Å². The molecule has 0 amide bonds. The fourth-order valence-corrected chi connectivity index (χ4v) is 8.27. The Morgan fingerprint density at radius 3 is 1.77 bits per heavy atom. The molecule has 0 aromatic carbocycles. The van der Waals surface area contributed by atoms with Crippen LogP contribution in [0, 0.1) is 28.1 Å². The Hall–Kier alpha value is 0.820. The summed E-state index contributed by atoms with van der Waals surface area (Å²) >= 11 is 0. The molecule has 0 fully saturated rings.